The Morgan fingerprint density at radius 2 is 2.00 bits per heavy atom. The van der Waals surface area contributed by atoms with E-state index in [0.29, 0.717) is 25.2 Å². The van der Waals surface area contributed by atoms with Crippen LogP contribution in [0.3, 0.4) is 0 Å². The molecule has 1 fully saturated rings. The van der Waals surface area contributed by atoms with Gasteiger partial charge in [-0.25, -0.2) is 4.79 Å². The third-order valence-corrected chi connectivity index (χ3v) is 5.95. The normalized spacial score (nSPS) is 15.1. The lowest BCUT2D eigenvalue weighted by atomic mass is 10.0. The molecule has 4 rings (SSSR count). The second-order valence-electron chi connectivity index (χ2n) is 7.72. The summed E-state index contributed by atoms with van der Waals surface area (Å²) in [6, 6.07) is 8.38. The molecule has 2 aromatic heterocycles. The topological polar surface area (TPSA) is 91.2 Å². The lowest BCUT2D eigenvalue weighted by Gasteiger charge is -2.32. The summed E-state index contributed by atoms with van der Waals surface area (Å²) in [6.07, 6.45) is 7.33. The van der Waals surface area contributed by atoms with Crippen molar-refractivity contribution in [2.45, 2.75) is 45.1 Å². The molecule has 1 aromatic carbocycles. The van der Waals surface area contributed by atoms with E-state index in [0.717, 1.165) is 31.2 Å². The number of amides is 1. The summed E-state index contributed by atoms with van der Waals surface area (Å²) in [7, 11) is 0. The second kappa shape index (κ2) is 8.11. The Hall–Kier alpha value is -3.09. The number of aromatic amines is 1. The van der Waals surface area contributed by atoms with Crippen LogP contribution in [0.4, 0.5) is 0 Å². The van der Waals surface area contributed by atoms with Crippen LogP contribution in [0.15, 0.2) is 36.7 Å². The number of hydrogen-bond acceptors (Lipinski definition) is 3. The molecule has 0 atom stereocenters. The van der Waals surface area contributed by atoms with Crippen molar-refractivity contribution >= 4 is 22.8 Å². The van der Waals surface area contributed by atoms with E-state index in [1.54, 1.807) is 6.92 Å². The number of rotatable bonds is 6. The number of benzene rings is 1. The standard InChI is InChI=1S/C22H26N4O3/c1-15-19(22(28)29)14-24-26(15)17-9-11-25(12-10-17)21(27)8-4-5-16-13-23-20-7-3-2-6-18(16)20/h2-3,6-7,13-14,17,23H,4-5,8-12H2,1H3,(H,28,29). The number of piperidine rings is 1. The Kier molecular flexibility index (Phi) is 5.38. The van der Waals surface area contributed by atoms with E-state index in [1.807, 2.05) is 27.9 Å². The zero-order valence-corrected chi connectivity index (χ0v) is 16.6. The Labute approximate surface area is 169 Å². The van der Waals surface area contributed by atoms with Gasteiger partial charge in [0.1, 0.15) is 5.56 Å². The van der Waals surface area contributed by atoms with E-state index in [9.17, 15) is 14.7 Å². The van der Waals surface area contributed by atoms with Gasteiger partial charge >= 0.3 is 5.97 Å². The number of nitrogens with zero attached hydrogens (tertiary/aromatic N) is 3. The zero-order valence-electron chi connectivity index (χ0n) is 16.6. The number of carboxylic acids is 1. The third-order valence-electron chi connectivity index (χ3n) is 5.95. The van der Waals surface area contributed by atoms with Crippen molar-refractivity contribution in [2.24, 2.45) is 0 Å². The fourth-order valence-corrected chi connectivity index (χ4v) is 4.29. The highest BCUT2D eigenvalue weighted by molar-refractivity contribution is 5.88. The molecule has 3 aromatic rings. The highest BCUT2D eigenvalue weighted by atomic mass is 16.4. The molecular formula is C22H26N4O3. The number of carbonyl (C=O) groups excluding carboxylic acids is 1. The number of hydrogen-bond donors (Lipinski definition) is 2. The van der Waals surface area contributed by atoms with Crippen molar-refractivity contribution in [3.8, 4) is 0 Å². The van der Waals surface area contributed by atoms with Crippen LogP contribution in [0.25, 0.3) is 10.9 Å². The maximum atomic E-state index is 12.6. The second-order valence-corrected chi connectivity index (χ2v) is 7.72. The Morgan fingerprint density at radius 1 is 1.24 bits per heavy atom. The van der Waals surface area contributed by atoms with E-state index >= 15 is 0 Å². The minimum atomic E-state index is -0.948. The first-order valence-electron chi connectivity index (χ1n) is 10.1. The maximum absolute atomic E-state index is 12.6. The van der Waals surface area contributed by atoms with Gasteiger partial charge in [-0.15, -0.1) is 0 Å². The summed E-state index contributed by atoms with van der Waals surface area (Å²) in [5, 5.41) is 14.7. The number of aryl methyl sites for hydroxylation is 1. The molecule has 29 heavy (non-hydrogen) atoms. The highest BCUT2D eigenvalue weighted by Crippen LogP contribution is 2.25. The number of para-hydroxylation sites is 1. The van der Waals surface area contributed by atoms with Gasteiger partial charge < -0.3 is 15.0 Å². The van der Waals surface area contributed by atoms with E-state index in [-0.39, 0.29) is 17.5 Å². The molecule has 7 heteroatoms. The van der Waals surface area contributed by atoms with E-state index in [2.05, 4.69) is 22.2 Å². The average Bonchev–Trinajstić information content (AvgIpc) is 3.32. The third kappa shape index (κ3) is 3.90. The van der Waals surface area contributed by atoms with Gasteiger partial charge in [0.2, 0.25) is 5.91 Å². The predicted molar refractivity (Wildman–Crippen MR) is 110 cm³/mol. The molecule has 1 aliphatic heterocycles. The van der Waals surface area contributed by atoms with E-state index < -0.39 is 5.97 Å². The molecule has 1 saturated heterocycles. The lowest BCUT2D eigenvalue weighted by Crippen LogP contribution is -2.39. The Morgan fingerprint density at radius 3 is 2.72 bits per heavy atom. The van der Waals surface area contributed by atoms with Crippen molar-refractivity contribution in [3.05, 3.63) is 53.5 Å². The molecule has 0 radical (unpaired) electrons. The SMILES string of the molecule is Cc1c(C(=O)O)cnn1C1CCN(C(=O)CCCc2c[nH]c3ccccc23)CC1. The van der Waals surface area contributed by atoms with Crippen LogP contribution < -0.4 is 0 Å². The number of aromatic carboxylic acids is 1. The van der Waals surface area contributed by atoms with Crippen molar-refractivity contribution < 1.29 is 14.7 Å². The van der Waals surface area contributed by atoms with Gasteiger partial charge in [-0.3, -0.25) is 9.48 Å². The first-order valence-corrected chi connectivity index (χ1v) is 10.1. The molecule has 1 aliphatic rings. The van der Waals surface area contributed by atoms with Gasteiger partial charge in [-0.2, -0.15) is 5.10 Å². The Balaban J connectivity index is 1.27. The van der Waals surface area contributed by atoms with Gasteiger partial charge in [-0.05, 0) is 44.2 Å². The van der Waals surface area contributed by atoms with Crippen LogP contribution in [-0.4, -0.2) is 49.7 Å². The molecule has 0 bridgehead atoms. The minimum Gasteiger partial charge on any atom is -0.478 e. The number of nitrogens with one attached hydrogen (secondary N) is 1. The van der Waals surface area contributed by atoms with Crippen molar-refractivity contribution in [1.29, 1.82) is 0 Å². The number of fused-ring (bicyclic) bond motifs is 1. The lowest BCUT2D eigenvalue weighted by molar-refractivity contribution is -0.132. The number of likely N-dealkylation sites (tertiary alicyclic amines) is 1. The average molecular weight is 394 g/mol. The van der Waals surface area contributed by atoms with Crippen LogP contribution in [0.5, 0.6) is 0 Å². The molecule has 152 valence electrons. The minimum absolute atomic E-state index is 0.151. The smallest absolute Gasteiger partial charge is 0.339 e. The van der Waals surface area contributed by atoms with Crippen LogP contribution in [0.1, 0.15) is 53.3 Å². The van der Waals surface area contributed by atoms with Crippen molar-refractivity contribution in [1.82, 2.24) is 19.7 Å². The quantitative estimate of drug-likeness (QED) is 0.669. The monoisotopic (exact) mass is 394 g/mol. The summed E-state index contributed by atoms with van der Waals surface area (Å²) in [4.78, 5) is 29.0. The predicted octanol–water partition coefficient (Wildman–Crippen LogP) is 3.56. The number of carboxylic acid groups (broad SMARTS) is 1. The molecule has 0 aliphatic carbocycles. The fourth-order valence-electron chi connectivity index (χ4n) is 4.29. The fraction of sp³-hybridized carbons (Fsp3) is 0.409. The number of H-pyrrole nitrogens is 1. The van der Waals surface area contributed by atoms with Gasteiger partial charge in [0.25, 0.3) is 0 Å². The summed E-state index contributed by atoms with van der Waals surface area (Å²) in [5.74, 6) is -0.747. The molecule has 7 nitrogen and oxygen atoms in total. The molecule has 0 spiro atoms. The maximum Gasteiger partial charge on any atom is 0.339 e. The first kappa shape index (κ1) is 19.2. The van der Waals surface area contributed by atoms with Crippen molar-refractivity contribution in [3.63, 3.8) is 0 Å². The van der Waals surface area contributed by atoms with Gasteiger partial charge in [-0.1, -0.05) is 18.2 Å². The van der Waals surface area contributed by atoms with Gasteiger partial charge in [0.15, 0.2) is 0 Å². The summed E-state index contributed by atoms with van der Waals surface area (Å²) < 4.78 is 1.81. The van der Waals surface area contributed by atoms with Crippen LogP contribution in [0.2, 0.25) is 0 Å². The number of carbonyl (C=O) groups is 2. The van der Waals surface area contributed by atoms with Crippen LogP contribution >= 0.6 is 0 Å². The molecular weight excluding hydrogens is 368 g/mol. The summed E-state index contributed by atoms with van der Waals surface area (Å²) in [5.41, 5.74) is 3.33. The zero-order chi connectivity index (χ0) is 20.4. The van der Waals surface area contributed by atoms with Crippen LogP contribution in [0, 0.1) is 6.92 Å². The molecule has 2 N–H and O–H groups in total. The first-order chi connectivity index (χ1) is 14.0. The van der Waals surface area contributed by atoms with Crippen LogP contribution in [-0.2, 0) is 11.2 Å². The summed E-state index contributed by atoms with van der Waals surface area (Å²) in [6.45, 7) is 3.18. The largest absolute Gasteiger partial charge is 0.478 e. The highest BCUT2D eigenvalue weighted by Gasteiger charge is 2.26. The Bertz CT molecular complexity index is 1030. The summed E-state index contributed by atoms with van der Waals surface area (Å²) >= 11 is 0. The van der Waals surface area contributed by atoms with Gasteiger partial charge in [0.05, 0.1) is 17.9 Å². The molecule has 1 amide bonds. The molecule has 0 saturated carbocycles. The molecule has 0 unspecified atom stereocenters. The van der Waals surface area contributed by atoms with E-state index in [4.69, 9.17) is 0 Å². The molecule has 3 heterocycles. The van der Waals surface area contributed by atoms with E-state index in [1.165, 1.54) is 17.1 Å². The van der Waals surface area contributed by atoms with Crippen molar-refractivity contribution in [2.75, 3.05) is 13.1 Å². The van der Waals surface area contributed by atoms with Gasteiger partial charge in [0, 0.05) is 36.6 Å². The number of aromatic nitrogens is 3.